The summed E-state index contributed by atoms with van der Waals surface area (Å²) in [7, 11) is 0. The number of amides is 2. The van der Waals surface area contributed by atoms with Gasteiger partial charge in [0.25, 0.3) is 11.8 Å². The van der Waals surface area contributed by atoms with Gasteiger partial charge in [-0.1, -0.05) is 35.0 Å². The Kier molecular flexibility index (Phi) is 5.83. The molecule has 0 unspecified atom stereocenters. The number of halogens is 1. The third-order valence-electron chi connectivity index (χ3n) is 4.91. The molecule has 1 saturated heterocycles. The first-order valence-corrected chi connectivity index (χ1v) is 9.92. The van der Waals surface area contributed by atoms with Gasteiger partial charge in [-0.15, -0.1) is 0 Å². The van der Waals surface area contributed by atoms with Crippen LogP contribution >= 0.6 is 11.6 Å². The number of morpholine rings is 1. The second kappa shape index (κ2) is 8.69. The highest BCUT2D eigenvalue weighted by Crippen LogP contribution is 2.31. The highest BCUT2D eigenvalue weighted by molar-refractivity contribution is 6.33. The van der Waals surface area contributed by atoms with Crippen LogP contribution in [0.15, 0.2) is 53.1 Å². The number of anilines is 1. The molecule has 154 valence electrons. The lowest BCUT2D eigenvalue weighted by molar-refractivity contribution is 0.0303. The summed E-state index contributed by atoms with van der Waals surface area (Å²) in [5.74, 6) is -0.0236. The summed E-state index contributed by atoms with van der Waals surface area (Å²) in [6.07, 6.45) is 0. The summed E-state index contributed by atoms with van der Waals surface area (Å²) in [6.45, 7) is 3.92. The minimum Gasteiger partial charge on any atom is -0.378 e. The van der Waals surface area contributed by atoms with Crippen LogP contribution in [0.4, 0.5) is 5.69 Å². The van der Waals surface area contributed by atoms with Gasteiger partial charge in [0.15, 0.2) is 0 Å². The first-order valence-electron chi connectivity index (χ1n) is 9.54. The van der Waals surface area contributed by atoms with Gasteiger partial charge in [-0.05, 0) is 37.3 Å². The van der Waals surface area contributed by atoms with E-state index < -0.39 is 0 Å². The number of carbonyl (C=O) groups excluding carboxylic acids is 2. The maximum absolute atomic E-state index is 12.9. The van der Waals surface area contributed by atoms with Crippen LogP contribution in [-0.4, -0.2) is 48.2 Å². The third-order valence-corrected chi connectivity index (χ3v) is 5.24. The smallest absolute Gasteiger partial charge is 0.261 e. The quantitative estimate of drug-likeness (QED) is 0.682. The minimum absolute atomic E-state index is 0.0490. The molecule has 2 heterocycles. The molecule has 8 heteroatoms. The van der Waals surface area contributed by atoms with E-state index in [1.54, 1.807) is 54.3 Å². The first kappa shape index (κ1) is 20.1. The van der Waals surface area contributed by atoms with Gasteiger partial charge in [0, 0.05) is 29.9 Å². The summed E-state index contributed by atoms with van der Waals surface area (Å²) in [5, 5.41) is 7.33. The zero-order valence-electron chi connectivity index (χ0n) is 16.4. The van der Waals surface area contributed by atoms with Gasteiger partial charge in [0.05, 0.1) is 18.2 Å². The Hall–Kier alpha value is -3.16. The van der Waals surface area contributed by atoms with Crippen molar-refractivity contribution >= 4 is 29.1 Å². The zero-order chi connectivity index (χ0) is 21.1. The van der Waals surface area contributed by atoms with Crippen LogP contribution in [0.1, 0.15) is 26.5 Å². The van der Waals surface area contributed by atoms with E-state index in [0.717, 1.165) is 0 Å². The molecule has 2 amide bonds. The van der Waals surface area contributed by atoms with Crippen molar-refractivity contribution in [3.63, 3.8) is 0 Å². The second-order valence-electron chi connectivity index (χ2n) is 6.88. The van der Waals surface area contributed by atoms with E-state index in [-0.39, 0.29) is 11.8 Å². The molecular weight excluding hydrogens is 406 g/mol. The normalized spacial score (nSPS) is 13.9. The molecule has 1 fully saturated rings. The molecule has 0 saturated carbocycles. The molecule has 0 radical (unpaired) electrons. The Morgan fingerprint density at radius 2 is 1.77 bits per heavy atom. The number of nitrogens with zero attached hydrogens (tertiary/aromatic N) is 2. The predicted molar refractivity (Wildman–Crippen MR) is 113 cm³/mol. The summed E-state index contributed by atoms with van der Waals surface area (Å²) in [6, 6.07) is 13.9. The standard InChI is InChI=1S/C22H20ClN3O4/c1-14-19(20(25-30-14)17-4-2-3-5-18(17)23)21(27)24-16-8-6-15(7-9-16)22(28)26-10-12-29-13-11-26/h2-9H,10-13H2,1H3,(H,24,27). The third kappa shape index (κ3) is 4.08. The summed E-state index contributed by atoms with van der Waals surface area (Å²) in [5.41, 5.74) is 2.44. The predicted octanol–water partition coefficient (Wildman–Crippen LogP) is 4.03. The fraction of sp³-hybridized carbons (Fsp3) is 0.227. The van der Waals surface area contributed by atoms with Crippen molar-refractivity contribution in [1.29, 1.82) is 0 Å². The molecule has 3 aromatic rings. The van der Waals surface area contributed by atoms with Crippen LogP contribution in [0.25, 0.3) is 11.3 Å². The Morgan fingerprint density at radius 3 is 2.47 bits per heavy atom. The molecule has 0 spiro atoms. The molecule has 0 aliphatic carbocycles. The monoisotopic (exact) mass is 425 g/mol. The lowest BCUT2D eigenvalue weighted by Gasteiger charge is -2.26. The summed E-state index contributed by atoms with van der Waals surface area (Å²) in [4.78, 5) is 27.2. The topological polar surface area (TPSA) is 84.7 Å². The Balaban J connectivity index is 1.52. The molecule has 30 heavy (non-hydrogen) atoms. The molecule has 7 nitrogen and oxygen atoms in total. The zero-order valence-corrected chi connectivity index (χ0v) is 17.1. The number of carbonyl (C=O) groups is 2. The van der Waals surface area contributed by atoms with E-state index >= 15 is 0 Å². The van der Waals surface area contributed by atoms with Crippen LogP contribution < -0.4 is 5.32 Å². The van der Waals surface area contributed by atoms with Crippen molar-refractivity contribution in [1.82, 2.24) is 10.1 Å². The molecule has 1 aliphatic heterocycles. The van der Waals surface area contributed by atoms with E-state index in [0.29, 0.717) is 65.2 Å². The van der Waals surface area contributed by atoms with Crippen molar-refractivity contribution in [3.05, 3.63) is 70.4 Å². The number of ether oxygens (including phenoxy) is 1. The maximum atomic E-state index is 12.9. The van der Waals surface area contributed by atoms with Crippen LogP contribution in [-0.2, 0) is 4.74 Å². The van der Waals surface area contributed by atoms with Crippen LogP contribution in [0, 0.1) is 6.92 Å². The minimum atomic E-state index is -0.365. The number of hydrogen-bond donors (Lipinski definition) is 1. The number of aromatic nitrogens is 1. The van der Waals surface area contributed by atoms with Gasteiger partial charge in [-0.25, -0.2) is 0 Å². The SMILES string of the molecule is Cc1onc(-c2ccccc2Cl)c1C(=O)Nc1ccc(C(=O)N2CCOCC2)cc1. The number of hydrogen-bond acceptors (Lipinski definition) is 5. The van der Waals surface area contributed by atoms with Crippen LogP contribution in [0.5, 0.6) is 0 Å². The molecule has 1 aromatic heterocycles. The molecule has 1 aliphatic rings. The van der Waals surface area contributed by atoms with Gasteiger partial charge >= 0.3 is 0 Å². The average molecular weight is 426 g/mol. The maximum Gasteiger partial charge on any atom is 0.261 e. The molecule has 0 atom stereocenters. The Bertz CT molecular complexity index is 1070. The molecule has 4 rings (SSSR count). The van der Waals surface area contributed by atoms with Crippen molar-refractivity contribution < 1.29 is 18.8 Å². The van der Waals surface area contributed by atoms with E-state index in [1.165, 1.54) is 0 Å². The van der Waals surface area contributed by atoms with Gasteiger partial charge < -0.3 is 19.5 Å². The lowest BCUT2D eigenvalue weighted by atomic mass is 10.1. The number of rotatable bonds is 4. The first-order chi connectivity index (χ1) is 14.5. The van der Waals surface area contributed by atoms with Crippen molar-refractivity contribution in [2.75, 3.05) is 31.6 Å². The van der Waals surface area contributed by atoms with Crippen LogP contribution in [0.3, 0.4) is 0 Å². The van der Waals surface area contributed by atoms with E-state index in [9.17, 15) is 9.59 Å². The molecule has 2 aromatic carbocycles. The second-order valence-corrected chi connectivity index (χ2v) is 7.29. The van der Waals surface area contributed by atoms with Gasteiger partial charge in [-0.2, -0.15) is 0 Å². The number of aryl methyl sites for hydroxylation is 1. The van der Waals surface area contributed by atoms with Gasteiger partial charge in [0.2, 0.25) is 0 Å². The Labute approximate surface area is 178 Å². The fourth-order valence-corrected chi connectivity index (χ4v) is 3.54. The summed E-state index contributed by atoms with van der Waals surface area (Å²) < 4.78 is 10.5. The van der Waals surface area contributed by atoms with Crippen molar-refractivity contribution in [3.8, 4) is 11.3 Å². The fourth-order valence-electron chi connectivity index (χ4n) is 3.32. The van der Waals surface area contributed by atoms with Crippen molar-refractivity contribution in [2.45, 2.75) is 6.92 Å². The van der Waals surface area contributed by atoms with E-state index in [2.05, 4.69) is 10.5 Å². The largest absolute Gasteiger partial charge is 0.378 e. The molecular formula is C22H20ClN3O4. The van der Waals surface area contributed by atoms with E-state index in [4.69, 9.17) is 20.9 Å². The van der Waals surface area contributed by atoms with Gasteiger partial charge in [0.1, 0.15) is 17.0 Å². The van der Waals surface area contributed by atoms with Crippen molar-refractivity contribution in [2.24, 2.45) is 0 Å². The summed E-state index contributed by atoms with van der Waals surface area (Å²) >= 11 is 6.26. The van der Waals surface area contributed by atoms with E-state index in [1.807, 2.05) is 6.07 Å². The highest BCUT2D eigenvalue weighted by atomic mass is 35.5. The molecule has 1 N–H and O–H groups in total. The number of nitrogens with one attached hydrogen (secondary N) is 1. The average Bonchev–Trinajstić information content (AvgIpc) is 3.16. The Morgan fingerprint density at radius 1 is 1.07 bits per heavy atom. The molecule has 0 bridgehead atoms. The number of benzene rings is 2. The van der Waals surface area contributed by atoms with Crippen LogP contribution in [0.2, 0.25) is 5.02 Å². The lowest BCUT2D eigenvalue weighted by Crippen LogP contribution is -2.40. The van der Waals surface area contributed by atoms with Gasteiger partial charge in [-0.3, -0.25) is 9.59 Å². The highest BCUT2D eigenvalue weighted by Gasteiger charge is 2.23.